The fourth-order valence-electron chi connectivity index (χ4n) is 3.83. The van der Waals surface area contributed by atoms with Crippen molar-refractivity contribution in [2.24, 2.45) is 0 Å². The molecule has 3 aromatic rings. The molecular weight excluding hydrogens is 374 g/mol. The Labute approximate surface area is 176 Å². The van der Waals surface area contributed by atoms with Crippen LogP contribution in [0.3, 0.4) is 0 Å². The predicted octanol–water partition coefficient (Wildman–Crippen LogP) is 4.32. The van der Waals surface area contributed by atoms with Gasteiger partial charge >= 0.3 is 6.03 Å². The number of hydrogen-bond acceptors (Lipinski definition) is 2. The molecule has 3 aromatic carbocycles. The van der Waals surface area contributed by atoms with E-state index in [-0.39, 0.29) is 11.9 Å². The first-order valence-corrected chi connectivity index (χ1v) is 10.2. The maximum absolute atomic E-state index is 13.5. The molecule has 0 saturated heterocycles. The second-order valence-electron chi connectivity index (χ2n) is 7.52. The first kappa shape index (κ1) is 19.7. The summed E-state index contributed by atoms with van der Waals surface area (Å²) < 4.78 is 0. The molecule has 152 valence electrons. The molecule has 1 heterocycles. The molecule has 0 unspecified atom stereocenters. The Bertz CT molecular complexity index is 1050. The van der Waals surface area contributed by atoms with E-state index in [0.717, 1.165) is 34.5 Å². The molecule has 1 aliphatic heterocycles. The number of hydrogen-bond donors (Lipinski definition) is 2. The summed E-state index contributed by atoms with van der Waals surface area (Å²) in [6, 6.07) is 24.2. The number of amides is 3. The van der Waals surface area contributed by atoms with E-state index >= 15 is 0 Å². The highest BCUT2D eigenvalue weighted by Crippen LogP contribution is 2.28. The smallest absolute Gasteiger partial charge is 0.319 e. The van der Waals surface area contributed by atoms with E-state index in [0.29, 0.717) is 13.0 Å². The number of para-hydroxylation sites is 2. The Balaban J connectivity index is 1.54. The standard InChI is InChI=1S/C25H25N3O2/c1-18-9-5-7-13-21(18)26-25(30)27-22(17-19-10-3-2-4-11-19)24(29)28-16-15-20-12-6-8-14-23(20)28/h2-14,22H,15-17H2,1H3,(H2,26,27,30)/t22-/m1/s1. The van der Waals surface area contributed by atoms with Crippen molar-refractivity contribution in [1.29, 1.82) is 0 Å². The molecule has 4 rings (SSSR count). The van der Waals surface area contributed by atoms with Crippen LogP contribution in [0, 0.1) is 6.92 Å². The van der Waals surface area contributed by atoms with Gasteiger partial charge < -0.3 is 15.5 Å². The highest BCUT2D eigenvalue weighted by molar-refractivity contribution is 6.02. The quantitative estimate of drug-likeness (QED) is 0.671. The fraction of sp³-hybridized carbons (Fsp3) is 0.200. The molecule has 30 heavy (non-hydrogen) atoms. The van der Waals surface area contributed by atoms with Gasteiger partial charge in [0, 0.05) is 24.3 Å². The Morgan fingerprint density at radius 1 is 0.933 bits per heavy atom. The molecule has 0 saturated carbocycles. The third kappa shape index (κ3) is 4.35. The zero-order valence-electron chi connectivity index (χ0n) is 17.0. The Morgan fingerprint density at radius 2 is 1.63 bits per heavy atom. The summed E-state index contributed by atoms with van der Waals surface area (Å²) in [7, 11) is 0. The summed E-state index contributed by atoms with van der Waals surface area (Å²) >= 11 is 0. The molecule has 3 amide bonds. The number of aryl methyl sites for hydroxylation is 1. The van der Waals surface area contributed by atoms with Crippen LogP contribution in [0.25, 0.3) is 0 Å². The monoisotopic (exact) mass is 399 g/mol. The van der Waals surface area contributed by atoms with Crippen molar-refractivity contribution in [3.05, 3.63) is 95.6 Å². The van der Waals surface area contributed by atoms with Crippen LogP contribution in [-0.2, 0) is 17.6 Å². The van der Waals surface area contributed by atoms with E-state index in [9.17, 15) is 9.59 Å². The van der Waals surface area contributed by atoms with Gasteiger partial charge in [0.25, 0.3) is 0 Å². The van der Waals surface area contributed by atoms with Crippen molar-refractivity contribution in [3.63, 3.8) is 0 Å². The van der Waals surface area contributed by atoms with Gasteiger partial charge in [-0.25, -0.2) is 4.79 Å². The van der Waals surface area contributed by atoms with Gasteiger partial charge in [-0.2, -0.15) is 0 Å². The van der Waals surface area contributed by atoms with Gasteiger partial charge in [0.05, 0.1) is 0 Å². The van der Waals surface area contributed by atoms with Gasteiger partial charge in [0.1, 0.15) is 6.04 Å². The maximum atomic E-state index is 13.5. The molecule has 5 nitrogen and oxygen atoms in total. The topological polar surface area (TPSA) is 61.4 Å². The number of benzene rings is 3. The second-order valence-corrected chi connectivity index (χ2v) is 7.52. The summed E-state index contributed by atoms with van der Waals surface area (Å²) in [5.74, 6) is -0.0938. The molecule has 0 aromatic heterocycles. The maximum Gasteiger partial charge on any atom is 0.319 e. The largest absolute Gasteiger partial charge is 0.326 e. The van der Waals surface area contributed by atoms with Crippen LogP contribution in [0.5, 0.6) is 0 Å². The van der Waals surface area contributed by atoms with Gasteiger partial charge in [-0.15, -0.1) is 0 Å². The van der Waals surface area contributed by atoms with Crippen molar-refractivity contribution < 1.29 is 9.59 Å². The minimum atomic E-state index is -0.664. The highest BCUT2D eigenvalue weighted by Gasteiger charge is 2.31. The third-order valence-corrected chi connectivity index (χ3v) is 5.43. The summed E-state index contributed by atoms with van der Waals surface area (Å²) in [4.78, 5) is 28.0. The Kier molecular flexibility index (Phi) is 5.80. The van der Waals surface area contributed by atoms with Gasteiger partial charge in [-0.1, -0.05) is 66.7 Å². The number of rotatable bonds is 5. The Morgan fingerprint density at radius 3 is 2.43 bits per heavy atom. The molecular formula is C25H25N3O2. The normalized spacial score (nSPS) is 13.4. The van der Waals surface area contributed by atoms with Gasteiger partial charge in [0.2, 0.25) is 5.91 Å². The van der Waals surface area contributed by atoms with Crippen molar-refractivity contribution in [1.82, 2.24) is 5.32 Å². The van der Waals surface area contributed by atoms with Crippen LogP contribution in [0.15, 0.2) is 78.9 Å². The van der Waals surface area contributed by atoms with Crippen LogP contribution in [0.2, 0.25) is 0 Å². The number of carbonyl (C=O) groups excluding carboxylic acids is 2. The molecule has 0 spiro atoms. The van der Waals surface area contributed by atoms with E-state index in [4.69, 9.17) is 0 Å². The minimum absolute atomic E-state index is 0.0938. The average Bonchev–Trinajstić information content (AvgIpc) is 3.19. The first-order valence-electron chi connectivity index (χ1n) is 10.2. The predicted molar refractivity (Wildman–Crippen MR) is 120 cm³/mol. The minimum Gasteiger partial charge on any atom is -0.326 e. The van der Waals surface area contributed by atoms with Gasteiger partial charge in [-0.3, -0.25) is 4.79 Å². The van der Waals surface area contributed by atoms with E-state index in [1.165, 1.54) is 0 Å². The lowest BCUT2D eigenvalue weighted by molar-refractivity contribution is -0.120. The van der Waals surface area contributed by atoms with Crippen molar-refractivity contribution in [2.45, 2.75) is 25.8 Å². The fourth-order valence-corrected chi connectivity index (χ4v) is 3.83. The number of nitrogens with one attached hydrogen (secondary N) is 2. The van der Waals surface area contributed by atoms with Crippen LogP contribution >= 0.6 is 0 Å². The number of anilines is 2. The van der Waals surface area contributed by atoms with E-state index in [2.05, 4.69) is 10.6 Å². The molecule has 0 aliphatic carbocycles. The van der Waals surface area contributed by atoms with Crippen LogP contribution in [-0.4, -0.2) is 24.5 Å². The van der Waals surface area contributed by atoms with E-state index in [1.54, 1.807) is 4.90 Å². The van der Waals surface area contributed by atoms with E-state index < -0.39 is 6.04 Å². The highest BCUT2D eigenvalue weighted by atomic mass is 16.2. The zero-order valence-corrected chi connectivity index (χ0v) is 17.0. The number of fused-ring (bicyclic) bond motifs is 1. The van der Waals surface area contributed by atoms with E-state index in [1.807, 2.05) is 85.8 Å². The van der Waals surface area contributed by atoms with Crippen molar-refractivity contribution in [3.8, 4) is 0 Å². The number of carbonyl (C=O) groups is 2. The lowest BCUT2D eigenvalue weighted by atomic mass is 10.0. The molecule has 5 heteroatoms. The first-order chi connectivity index (χ1) is 14.6. The van der Waals surface area contributed by atoms with Gasteiger partial charge in [0.15, 0.2) is 0 Å². The lowest BCUT2D eigenvalue weighted by Gasteiger charge is -2.25. The van der Waals surface area contributed by atoms with Crippen LogP contribution in [0.1, 0.15) is 16.7 Å². The molecule has 2 N–H and O–H groups in total. The van der Waals surface area contributed by atoms with Crippen molar-refractivity contribution in [2.75, 3.05) is 16.8 Å². The SMILES string of the molecule is Cc1ccccc1NC(=O)N[C@H](Cc1ccccc1)C(=O)N1CCc2ccccc21. The molecule has 0 bridgehead atoms. The van der Waals surface area contributed by atoms with Crippen LogP contribution < -0.4 is 15.5 Å². The molecule has 0 radical (unpaired) electrons. The van der Waals surface area contributed by atoms with Crippen LogP contribution in [0.4, 0.5) is 16.2 Å². The van der Waals surface area contributed by atoms with Crippen molar-refractivity contribution >= 4 is 23.3 Å². The summed E-state index contributed by atoms with van der Waals surface area (Å²) in [6.07, 6.45) is 1.26. The lowest BCUT2D eigenvalue weighted by Crippen LogP contribution is -2.50. The third-order valence-electron chi connectivity index (χ3n) is 5.43. The second kappa shape index (κ2) is 8.82. The van der Waals surface area contributed by atoms with Gasteiger partial charge in [-0.05, 0) is 42.2 Å². The Hall–Kier alpha value is -3.60. The zero-order chi connectivity index (χ0) is 20.9. The summed E-state index contributed by atoms with van der Waals surface area (Å²) in [5.41, 5.74) is 4.79. The molecule has 0 fully saturated rings. The average molecular weight is 399 g/mol. The summed E-state index contributed by atoms with van der Waals surface area (Å²) in [5, 5.41) is 5.78. The number of nitrogens with zero attached hydrogens (tertiary/aromatic N) is 1. The summed E-state index contributed by atoms with van der Waals surface area (Å²) in [6.45, 7) is 2.56. The molecule has 1 aliphatic rings. The molecule has 1 atom stereocenters. The number of urea groups is 1.